The molecule has 1 aromatic heterocycles. The lowest BCUT2D eigenvalue weighted by molar-refractivity contribution is -0.149. The van der Waals surface area contributed by atoms with E-state index in [-0.39, 0.29) is 5.57 Å². The second-order valence-corrected chi connectivity index (χ2v) is 2.12. The third-order valence-electron chi connectivity index (χ3n) is 1.37. The minimum absolute atomic E-state index is 0.133. The Morgan fingerprint density at radius 2 is 2.25 bits per heavy atom. The summed E-state index contributed by atoms with van der Waals surface area (Å²) in [5, 5.41) is 9.44. The number of H-pyrrole nitrogens is 1. The van der Waals surface area contributed by atoms with Crippen molar-refractivity contribution in [1.82, 2.24) is 15.4 Å². The van der Waals surface area contributed by atoms with Crippen molar-refractivity contribution in [3.63, 3.8) is 0 Å². The van der Waals surface area contributed by atoms with Gasteiger partial charge in [-0.2, -0.15) is 15.4 Å². The molecule has 0 saturated carbocycles. The molecule has 1 aliphatic rings. The molecule has 0 amide bonds. The number of carbonyl (C=O) groups excluding carboxylic acids is 2. The molecule has 0 radical (unpaired) electrons. The number of nitrogens with zero attached hydrogens (tertiary/aromatic N) is 2. The van der Waals surface area contributed by atoms with E-state index in [1.807, 2.05) is 0 Å². The van der Waals surface area contributed by atoms with Gasteiger partial charge in [0.2, 0.25) is 0 Å². The molecule has 12 heavy (non-hydrogen) atoms. The lowest BCUT2D eigenvalue weighted by Gasteiger charge is -1.89. The zero-order valence-corrected chi connectivity index (χ0v) is 5.77. The van der Waals surface area contributed by atoms with Crippen LogP contribution in [0.4, 0.5) is 0 Å². The Morgan fingerprint density at radius 1 is 1.42 bits per heavy atom. The van der Waals surface area contributed by atoms with E-state index in [9.17, 15) is 9.59 Å². The van der Waals surface area contributed by atoms with E-state index in [2.05, 4.69) is 20.1 Å². The standard InChI is InChI=1S/C6H3N3O3/c10-5-1-3(6(11)12-5)4-2-7-9-8-4/h1-2H,(H,7,8,9). The molecule has 1 aromatic rings. The van der Waals surface area contributed by atoms with Crippen molar-refractivity contribution >= 4 is 17.5 Å². The van der Waals surface area contributed by atoms with E-state index in [0.29, 0.717) is 5.69 Å². The van der Waals surface area contributed by atoms with Crippen molar-refractivity contribution in [2.45, 2.75) is 0 Å². The SMILES string of the molecule is O=C1C=C(c2cn[nH]n2)C(=O)O1. The Morgan fingerprint density at radius 3 is 2.75 bits per heavy atom. The molecule has 0 fully saturated rings. The van der Waals surface area contributed by atoms with Crippen molar-refractivity contribution in [3.8, 4) is 0 Å². The van der Waals surface area contributed by atoms with Crippen molar-refractivity contribution in [2.75, 3.05) is 0 Å². The van der Waals surface area contributed by atoms with E-state index in [4.69, 9.17) is 0 Å². The Kier molecular flexibility index (Phi) is 1.26. The summed E-state index contributed by atoms with van der Waals surface area (Å²) >= 11 is 0. The van der Waals surface area contributed by atoms with Crippen LogP contribution < -0.4 is 0 Å². The first-order valence-corrected chi connectivity index (χ1v) is 3.11. The number of aromatic amines is 1. The highest BCUT2D eigenvalue weighted by Gasteiger charge is 2.26. The maximum atomic E-state index is 10.9. The number of nitrogens with one attached hydrogen (secondary N) is 1. The summed E-state index contributed by atoms with van der Waals surface area (Å²) in [6, 6.07) is 0. The van der Waals surface area contributed by atoms with Gasteiger partial charge >= 0.3 is 11.9 Å². The van der Waals surface area contributed by atoms with Crippen molar-refractivity contribution in [1.29, 1.82) is 0 Å². The summed E-state index contributed by atoms with van der Waals surface area (Å²) in [6.45, 7) is 0. The second kappa shape index (κ2) is 2.26. The van der Waals surface area contributed by atoms with Gasteiger partial charge in [0, 0.05) is 6.08 Å². The van der Waals surface area contributed by atoms with E-state index < -0.39 is 11.9 Å². The van der Waals surface area contributed by atoms with Crippen LogP contribution in [0.15, 0.2) is 12.3 Å². The Bertz CT molecular complexity index is 365. The smallest absolute Gasteiger partial charge is 0.348 e. The predicted octanol–water partition coefficient (Wildman–Crippen LogP) is -0.729. The number of cyclic esters (lactones) is 2. The third-order valence-corrected chi connectivity index (χ3v) is 1.37. The van der Waals surface area contributed by atoms with Gasteiger partial charge in [0.15, 0.2) is 0 Å². The van der Waals surface area contributed by atoms with Crippen LogP contribution in [0.2, 0.25) is 0 Å². The van der Waals surface area contributed by atoms with E-state index >= 15 is 0 Å². The van der Waals surface area contributed by atoms with Crippen molar-refractivity contribution in [2.24, 2.45) is 0 Å². The van der Waals surface area contributed by atoms with Crippen molar-refractivity contribution in [3.05, 3.63) is 18.0 Å². The highest BCUT2D eigenvalue weighted by molar-refractivity contribution is 6.27. The van der Waals surface area contributed by atoms with Crippen LogP contribution in [0.3, 0.4) is 0 Å². The van der Waals surface area contributed by atoms with Crippen molar-refractivity contribution < 1.29 is 14.3 Å². The van der Waals surface area contributed by atoms with Gasteiger partial charge in [-0.25, -0.2) is 9.59 Å². The maximum Gasteiger partial charge on any atom is 0.348 e. The normalized spacial score (nSPS) is 16.2. The van der Waals surface area contributed by atoms with Crippen LogP contribution >= 0.6 is 0 Å². The minimum atomic E-state index is -0.686. The molecular formula is C6H3N3O3. The highest BCUT2D eigenvalue weighted by atomic mass is 16.6. The number of hydrogen-bond donors (Lipinski definition) is 1. The van der Waals surface area contributed by atoms with Crippen LogP contribution in [0.5, 0.6) is 0 Å². The minimum Gasteiger partial charge on any atom is -0.386 e. The molecule has 60 valence electrons. The first kappa shape index (κ1) is 6.71. The lowest BCUT2D eigenvalue weighted by Crippen LogP contribution is -2.01. The monoisotopic (exact) mass is 165 g/mol. The van der Waals surface area contributed by atoms with Gasteiger partial charge in [-0.1, -0.05) is 0 Å². The maximum absolute atomic E-state index is 10.9. The topological polar surface area (TPSA) is 84.9 Å². The average molecular weight is 165 g/mol. The number of esters is 2. The number of carbonyl (C=O) groups is 2. The lowest BCUT2D eigenvalue weighted by atomic mass is 10.2. The Balaban J connectivity index is 2.43. The third kappa shape index (κ3) is 0.895. The van der Waals surface area contributed by atoms with E-state index in [1.54, 1.807) is 0 Å². The van der Waals surface area contributed by atoms with Crippen LogP contribution in [-0.4, -0.2) is 27.3 Å². The largest absolute Gasteiger partial charge is 0.386 e. The molecule has 0 bridgehead atoms. The summed E-state index contributed by atoms with van der Waals surface area (Å²) in [5.41, 5.74) is 0.444. The van der Waals surface area contributed by atoms with Crippen LogP contribution in [0.1, 0.15) is 5.69 Å². The molecule has 6 nitrogen and oxygen atoms in total. The highest BCUT2D eigenvalue weighted by Crippen LogP contribution is 2.17. The predicted molar refractivity (Wildman–Crippen MR) is 35.5 cm³/mol. The van der Waals surface area contributed by atoms with Gasteiger partial charge < -0.3 is 4.74 Å². The first-order chi connectivity index (χ1) is 5.77. The second-order valence-electron chi connectivity index (χ2n) is 2.12. The molecule has 2 heterocycles. The summed E-state index contributed by atoms with van der Waals surface area (Å²) in [5.74, 6) is -1.35. The molecule has 0 saturated heterocycles. The van der Waals surface area contributed by atoms with Crippen LogP contribution in [0, 0.1) is 0 Å². The molecule has 0 spiro atoms. The van der Waals surface area contributed by atoms with E-state index in [1.165, 1.54) is 6.20 Å². The fourth-order valence-corrected chi connectivity index (χ4v) is 0.862. The summed E-state index contributed by atoms with van der Waals surface area (Å²) in [6.07, 6.45) is 2.42. The summed E-state index contributed by atoms with van der Waals surface area (Å²) in [4.78, 5) is 21.5. The number of rotatable bonds is 1. The zero-order valence-electron chi connectivity index (χ0n) is 5.77. The molecule has 0 atom stereocenters. The molecule has 1 aliphatic heterocycles. The fourth-order valence-electron chi connectivity index (χ4n) is 0.862. The first-order valence-electron chi connectivity index (χ1n) is 3.11. The van der Waals surface area contributed by atoms with Gasteiger partial charge in [-0.3, -0.25) is 0 Å². The molecule has 6 heteroatoms. The molecule has 0 unspecified atom stereocenters. The molecular weight excluding hydrogens is 162 g/mol. The number of ether oxygens (including phenoxy) is 1. The van der Waals surface area contributed by atoms with Crippen LogP contribution in [0.25, 0.3) is 5.57 Å². The van der Waals surface area contributed by atoms with Gasteiger partial charge in [0.1, 0.15) is 5.69 Å². The summed E-state index contributed by atoms with van der Waals surface area (Å²) in [7, 11) is 0. The number of hydrogen-bond acceptors (Lipinski definition) is 5. The number of aromatic nitrogens is 3. The van der Waals surface area contributed by atoms with Gasteiger partial charge in [0.25, 0.3) is 0 Å². The summed E-state index contributed by atoms with van der Waals surface area (Å²) < 4.78 is 4.25. The van der Waals surface area contributed by atoms with Gasteiger partial charge in [-0.15, -0.1) is 0 Å². The van der Waals surface area contributed by atoms with Gasteiger partial charge in [0.05, 0.1) is 11.8 Å². The Hall–Kier alpha value is -1.98. The zero-order chi connectivity index (χ0) is 8.55. The molecule has 2 rings (SSSR count). The van der Waals surface area contributed by atoms with Gasteiger partial charge in [-0.05, 0) is 0 Å². The van der Waals surface area contributed by atoms with Crippen LogP contribution in [-0.2, 0) is 14.3 Å². The van der Waals surface area contributed by atoms with E-state index in [0.717, 1.165) is 6.08 Å². The average Bonchev–Trinajstić information content (AvgIpc) is 2.58. The fraction of sp³-hybridized carbons (Fsp3) is 0. The quantitative estimate of drug-likeness (QED) is 0.438. The molecule has 0 aliphatic carbocycles. The molecule has 0 aromatic carbocycles. The molecule has 1 N–H and O–H groups in total. The Labute approximate surface area is 66.2 Å².